The Kier molecular flexibility index (Phi) is 1.92. The van der Waals surface area contributed by atoms with Crippen molar-refractivity contribution in [2.24, 2.45) is 0 Å². The molecule has 1 heterocycles. The Balaban J connectivity index is 2.86. The topological polar surface area (TPSA) is 45.8 Å². The molecular weight excluding hydrogens is 232 g/mol. The second kappa shape index (κ2) is 2.96. The molecule has 2 aromatic rings. The number of halogens is 1. The van der Waals surface area contributed by atoms with Crippen LogP contribution in [0.5, 0.6) is 0 Å². The SMILES string of the molecule is Cc1[nH]nc2cc(C=O)cc(Br)c12. The standard InChI is InChI=1S/C9H7BrN2O/c1-5-9-7(10)2-6(4-13)3-8(9)12-11-5/h2-4H,1H3,(H,11,12). The molecule has 0 aliphatic heterocycles. The summed E-state index contributed by atoms with van der Waals surface area (Å²) in [5, 5.41) is 7.98. The van der Waals surface area contributed by atoms with Crippen LogP contribution in [0.3, 0.4) is 0 Å². The Morgan fingerprint density at radius 1 is 1.54 bits per heavy atom. The lowest BCUT2D eigenvalue weighted by Crippen LogP contribution is -1.81. The van der Waals surface area contributed by atoms with Gasteiger partial charge in [-0.15, -0.1) is 0 Å². The summed E-state index contributed by atoms with van der Waals surface area (Å²) in [5.74, 6) is 0. The predicted octanol–water partition coefficient (Wildman–Crippen LogP) is 2.45. The van der Waals surface area contributed by atoms with E-state index in [1.54, 1.807) is 12.1 Å². The van der Waals surface area contributed by atoms with Crippen LogP contribution in [0.25, 0.3) is 10.9 Å². The van der Waals surface area contributed by atoms with Gasteiger partial charge >= 0.3 is 0 Å². The molecule has 2 rings (SSSR count). The van der Waals surface area contributed by atoms with Crippen molar-refractivity contribution in [1.82, 2.24) is 10.2 Å². The quantitative estimate of drug-likeness (QED) is 0.777. The minimum Gasteiger partial charge on any atom is -0.298 e. The number of rotatable bonds is 1. The number of H-pyrrole nitrogens is 1. The lowest BCUT2D eigenvalue weighted by molar-refractivity contribution is 0.112. The molecular formula is C9H7BrN2O. The molecule has 66 valence electrons. The van der Waals surface area contributed by atoms with Gasteiger partial charge in [-0.05, 0) is 19.1 Å². The van der Waals surface area contributed by atoms with Gasteiger partial charge in [0, 0.05) is 21.1 Å². The summed E-state index contributed by atoms with van der Waals surface area (Å²) >= 11 is 3.40. The van der Waals surface area contributed by atoms with Crippen LogP contribution >= 0.6 is 15.9 Å². The fourth-order valence-electron chi connectivity index (χ4n) is 1.34. The zero-order chi connectivity index (χ0) is 9.42. The van der Waals surface area contributed by atoms with E-state index in [-0.39, 0.29) is 0 Å². The molecule has 0 atom stereocenters. The Morgan fingerprint density at radius 2 is 2.31 bits per heavy atom. The first-order valence-electron chi connectivity index (χ1n) is 3.82. The number of fused-ring (bicyclic) bond motifs is 1. The van der Waals surface area contributed by atoms with Gasteiger partial charge in [-0.25, -0.2) is 0 Å². The largest absolute Gasteiger partial charge is 0.298 e. The molecule has 0 saturated carbocycles. The molecule has 0 bridgehead atoms. The summed E-state index contributed by atoms with van der Waals surface area (Å²) in [6, 6.07) is 3.55. The first-order chi connectivity index (χ1) is 6.22. The number of nitrogens with one attached hydrogen (secondary N) is 1. The second-order valence-electron chi connectivity index (χ2n) is 2.86. The maximum Gasteiger partial charge on any atom is 0.150 e. The van der Waals surface area contributed by atoms with E-state index in [9.17, 15) is 4.79 Å². The van der Waals surface area contributed by atoms with Gasteiger partial charge in [-0.1, -0.05) is 15.9 Å². The Morgan fingerprint density at radius 3 is 3.00 bits per heavy atom. The van der Waals surface area contributed by atoms with Crippen molar-refractivity contribution in [3.8, 4) is 0 Å². The summed E-state index contributed by atoms with van der Waals surface area (Å²) in [7, 11) is 0. The highest BCUT2D eigenvalue weighted by molar-refractivity contribution is 9.10. The van der Waals surface area contributed by atoms with Crippen LogP contribution in [0.4, 0.5) is 0 Å². The molecule has 0 unspecified atom stereocenters. The molecule has 0 aliphatic rings. The van der Waals surface area contributed by atoms with E-state index in [2.05, 4.69) is 26.1 Å². The summed E-state index contributed by atoms with van der Waals surface area (Å²) in [6.07, 6.45) is 0.814. The Hall–Kier alpha value is -1.16. The van der Waals surface area contributed by atoms with Crippen molar-refractivity contribution in [3.63, 3.8) is 0 Å². The van der Waals surface area contributed by atoms with Crippen molar-refractivity contribution in [1.29, 1.82) is 0 Å². The third-order valence-electron chi connectivity index (χ3n) is 1.95. The van der Waals surface area contributed by atoms with Crippen LogP contribution in [0.1, 0.15) is 16.1 Å². The summed E-state index contributed by atoms with van der Waals surface area (Å²) in [5.41, 5.74) is 2.44. The smallest absolute Gasteiger partial charge is 0.150 e. The van der Waals surface area contributed by atoms with E-state index >= 15 is 0 Å². The van der Waals surface area contributed by atoms with Gasteiger partial charge in [0.15, 0.2) is 0 Å². The zero-order valence-corrected chi connectivity index (χ0v) is 8.55. The third-order valence-corrected chi connectivity index (χ3v) is 2.57. The second-order valence-corrected chi connectivity index (χ2v) is 3.72. The van der Waals surface area contributed by atoms with Gasteiger partial charge in [0.2, 0.25) is 0 Å². The summed E-state index contributed by atoms with van der Waals surface area (Å²) in [4.78, 5) is 10.6. The van der Waals surface area contributed by atoms with Gasteiger partial charge in [-0.3, -0.25) is 9.89 Å². The summed E-state index contributed by atoms with van der Waals surface area (Å²) in [6.45, 7) is 1.95. The van der Waals surface area contributed by atoms with Gasteiger partial charge in [0.05, 0.1) is 5.52 Å². The number of aromatic amines is 1. The highest BCUT2D eigenvalue weighted by Crippen LogP contribution is 2.26. The number of carbonyl (C=O) groups is 1. The van der Waals surface area contributed by atoms with Crippen LogP contribution in [0, 0.1) is 6.92 Å². The number of benzene rings is 1. The Labute approximate surface area is 83.3 Å². The molecule has 0 fully saturated rings. The minimum atomic E-state index is 0.630. The molecule has 0 radical (unpaired) electrons. The predicted molar refractivity (Wildman–Crippen MR) is 53.9 cm³/mol. The maximum atomic E-state index is 10.6. The van der Waals surface area contributed by atoms with Crippen molar-refractivity contribution < 1.29 is 4.79 Å². The molecule has 1 N–H and O–H groups in total. The van der Waals surface area contributed by atoms with Crippen molar-refractivity contribution in [2.45, 2.75) is 6.92 Å². The number of hydrogen-bond donors (Lipinski definition) is 1. The minimum absolute atomic E-state index is 0.630. The summed E-state index contributed by atoms with van der Waals surface area (Å²) < 4.78 is 0.901. The highest BCUT2D eigenvalue weighted by Gasteiger charge is 2.06. The van der Waals surface area contributed by atoms with E-state index in [4.69, 9.17) is 0 Å². The molecule has 0 spiro atoms. The fraction of sp³-hybridized carbons (Fsp3) is 0.111. The van der Waals surface area contributed by atoms with Gasteiger partial charge in [0.25, 0.3) is 0 Å². The number of aldehydes is 1. The first-order valence-corrected chi connectivity index (χ1v) is 4.61. The van der Waals surface area contributed by atoms with Gasteiger partial charge in [-0.2, -0.15) is 5.10 Å². The van der Waals surface area contributed by atoms with E-state index in [0.717, 1.165) is 27.4 Å². The van der Waals surface area contributed by atoms with E-state index in [1.807, 2.05) is 6.92 Å². The molecule has 1 aromatic heterocycles. The van der Waals surface area contributed by atoms with Crippen LogP contribution in [0.2, 0.25) is 0 Å². The van der Waals surface area contributed by atoms with Gasteiger partial charge in [0.1, 0.15) is 6.29 Å². The van der Waals surface area contributed by atoms with Crippen molar-refractivity contribution in [3.05, 3.63) is 27.9 Å². The zero-order valence-electron chi connectivity index (χ0n) is 6.97. The fourth-order valence-corrected chi connectivity index (χ4v) is 2.10. The molecule has 3 nitrogen and oxygen atoms in total. The van der Waals surface area contributed by atoms with Gasteiger partial charge < -0.3 is 0 Å². The number of aryl methyl sites for hydroxylation is 1. The number of nitrogens with zero attached hydrogens (tertiary/aromatic N) is 1. The average molecular weight is 239 g/mol. The van der Waals surface area contributed by atoms with E-state index in [0.29, 0.717) is 5.56 Å². The van der Waals surface area contributed by atoms with E-state index < -0.39 is 0 Å². The highest BCUT2D eigenvalue weighted by atomic mass is 79.9. The van der Waals surface area contributed by atoms with Crippen LogP contribution in [0.15, 0.2) is 16.6 Å². The number of carbonyl (C=O) groups excluding carboxylic acids is 1. The first kappa shape index (κ1) is 8.44. The number of aromatic nitrogens is 2. The maximum absolute atomic E-state index is 10.6. The molecule has 0 aliphatic carbocycles. The van der Waals surface area contributed by atoms with E-state index in [1.165, 1.54) is 0 Å². The third kappa shape index (κ3) is 1.27. The molecule has 4 heteroatoms. The van der Waals surface area contributed by atoms with Crippen LogP contribution < -0.4 is 0 Å². The van der Waals surface area contributed by atoms with Crippen molar-refractivity contribution >= 4 is 33.1 Å². The lowest BCUT2D eigenvalue weighted by Gasteiger charge is -1.95. The van der Waals surface area contributed by atoms with Crippen LogP contribution in [-0.2, 0) is 0 Å². The monoisotopic (exact) mass is 238 g/mol. The Bertz CT molecular complexity index is 476. The van der Waals surface area contributed by atoms with Crippen LogP contribution in [-0.4, -0.2) is 16.5 Å². The average Bonchev–Trinajstić information content (AvgIpc) is 2.48. The number of hydrogen-bond acceptors (Lipinski definition) is 2. The van der Waals surface area contributed by atoms with Crippen molar-refractivity contribution in [2.75, 3.05) is 0 Å². The lowest BCUT2D eigenvalue weighted by atomic mass is 10.1. The normalized spacial score (nSPS) is 10.6. The molecule has 0 amide bonds. The molecule has 0 saturated heterocycles. The molecule has 1 aromatic carbocycles. The molecule has 13 heavy (non-hydrogen) atoms.